The first-order chi connectivity index (χ1) is 9.60. The summed E-state index contributed by atoms with van der Waals surface area (Å²) in [5.74, 6) is 0. The first-order valence-corrected chi connectivity index (χ1v) is 7.14. The zero-order valence-corrected chi connectivity index (χ0v) is 12.9. The van der Waals surface area contributed by atoms with E-state index in [1.807, 2.05) is 7.05 Å². The Labute approximate surface area is 122 Å². The Morgan fingerprint density at radius 1 is 1.00 bits per heavy atom. The third-order valence-corrected chi connectivity index (χ3v) is 3.81. The van der Waals surface area contributed by atoms with Crippen LogP contribution in [0, 0.1) is 6.92 Å². The van der Waals surface area contributed by atoms with Crippen LogP contribution >= 0.6 is 0 Å². The molecule has 2 aromatic rings. The van der Waals surface area contributed by atoms with Crippen molar-refractivity contribution in [3.8, 4) is 0 Å². The molecule has 1 atom stereocenters. The van der Waals surface area contributed by atoms with Crippen molar-refractivity contribution in [2.75, 3.05) is 19.0 Å². The monoisotopic (exact) mass is 268 g/mol. The van der Waals surface area contributed by atoms with Crippen molar-refractivity contribution in [1.82, 2.24) is 5.32 Å². The van der Waals surface area contributed by atoms with Crippen LogP contribution in [0.15, 0.2) is 48.5 Å². The van der Waals surface area contributed by atoms with Gasteiger partial charge in [-0.1, -0.05) is 42.0 Å². The lowest BCUT2D eigenvalue weighted by atomic mass is 10.1. The number of nitrogens with zero attached hydrogens (tertiary/aromatic N) is 1. The maximum absolute atomic E-state index is 3.26. The molecule has 20 heavy (non-hydrogen) atoms. The van der Waals surface area contributed by atoms with Gasteiger partial charge in [-0.05, 0) is 44.2 Å². The Morgan fingerprint density at radius 2 is 1.60 bits per heavy atom. The van der Waals surface area contributed by atoms with Crippen LogP contribution in [0.3, 0.4) is 0 Å². The van der Waals surface area contributed by atoms with Crippen molar-refractivity contribution >= 4 is 5.69 Å². The van der Waals surface area contributed by atoms with Gasteiger partial charge in [0.2, 0.25) is 0 Å². The smallest absolute Gasteiger partial charge is 0.0426 e. The number of nitrogens with one attached hydrogen (secondary N) is 1. The van der Waals surface area contributed by atoms with Crippen LogP contribution in [0.2, 0.25) is 0 Å². The standard InChI is InChI=1S/C18H24N2/c1-14-5-7-16(8-6-14)13-20(4)18-11-9-17(10-12-18)15(2)19-3/h5-12,15,19H,13H2,1-4H3. The topological polar surface area (TPSA) is 15.3 Å². The Kier molecular flexibility index (Phi) is 4.80. The van der Waals surface area contributed by atoms with Gasteiger partial charge in [0, 0.05) is 25.3 Å². The van der Waals surface area contributed by atoms with Crippen molar-refractivity contribution in [3.05, 3.63) is 65.2 Å². The molecule has 0 amide bonds. The Morgan fingerprint density at radius 3 is 2.15 bits per heavy atom. The maximum Gasteiger partial charge on any atom is 0.0426 e. The second-order valence-electron chi connectivity index (χ2n) is 5.44. The van der Waals surface area contributed by atoms with E-state index in [2.05, 4.69) is 79.6 Å². The highest BCUT2D eigenvalue weighted by atomic mass is 15.1. The summed E-state index contributed by atoms with van der Waals surface area (Å²) in [5, 5.41) is 3.26. The highest BCUT2D eigenvalue weighted by molar-refractivity contribution is 5.48. The molecule has 0 bridgehead atoms. The van der Waals surface area contributed by atoms with E-state index in [-0.39, 0.29) is 0 Å². The minimum Gasteiger partial charge on any atom is -0.370 e. The fourth-order valence-corrected chi connectivity index (χ4v) is 2.24. The van der Waals surface area contributed by atoms with Gasteiger partial charge < -0.3 is 10.2 Å². The molecule has 0 heterocycles. The molecule has 0 aromatic heterocycles. The van der Waals surface area contributed by atoms with Crippen LogP contribution in [-0.2, 0) is 6.54 Å². The van der Waals surface area contributed by atoms with Gasteiger partial charge in [0.15, 0.2) is 0 Å². The van der Waals surface area contributed by atoms with Gasteiger partial charge in [-0.25, -0.2) is 0 Å². The van der Waals surface area contributed by atoms with Crippen molar-refractivity contribution in [1.29, 1.82) is 0 Å². The third-order valence-electron chi connectivity index (χ3n) is 3.81. The molecule has 0 aliphatic heterocycles. The summed E-state index contributed by atoms with van der Waals surface area (Å²) in [6.45, 7) is 5.22. The van der Waals surface area contributed by atoms with E-state index >= 15 is 0 Å². The van der Waals surface area contributed by atoms with E-state index in [9.17, 15) is 0 Å². The number of benzene rings is 2. The fourth-order valence-electron chi connectivity index (χ4n) is 2.24. The van der Waals surface area contributed by atoms with Crippen molar-refractivity contribution in [2.24, 2.45) is 0 Å². The van der Waals surface area contributed by atoms with Crippen molar-refractivity contribution < 1.29 is 0 Å². The molecule has 2 heteroatoms. The summed E-state index contributed by atoms with van der Waals surface area (Å²) in [7, 11) is 4.12. The summed E-state index contributed by atoms with van der Waals surface area (Å²) in [6.07, 6.45) is 0. The number of rotatable bonds is 5. The zero-order chi connectivity index (χ0) is 14.5. The molecule has 0 radical (unpaired) electrons. The Hall–Kier alpha value is -1.80. The summed E-state index contributed by atoms with van der Waals surface area (Å²) in [6, 6.07) is 17.9. The minimum absolute atomic E-state index is 0.395. The molecule has 2 nitrogen and oxygen atoms in total. The molecular formula is C18H24N2. The Balaban J connectivity index is 2.05. The molecule has 2 aromatic carbocycles. The summed E-state index contributed by atoms with van der Waals surface area (Å²) >= 11 is 0. The molecule has 0 aliphatic carbocycles. The van der Waals surface area contributed by atoms with Gasteiger partial charge in [-0.3, -0.25) is 0 Å². The molecule has 1 N–H and O–H groups in total. The van der Waals surface area contributed by atoms with E-state index in [0.717, 1.165) is 6.54 Å². The lowest BCUT2D eigenvalue weighted by molar-refractivity contribution is 0.652. The van der Waals surface area contributed by atoms with Crippen molar-refractivity contribution in [3.63, 3.8) is 0 Å². The first-order valence-electron chi connectivity index (χ1n) is 7.14. The molecule has 0 saturated heterocycles. The van der Waals surface area contributed by atoms with Crippen LogP contribution in [-0.4, -0.2) is 14.1 Å². The summed E-state index contributed by atoms with van der Waals surface area (Å²) in [5.41, 5.74) is 5.21. The average molecular weight is 268 g/mol. The largest absolute Gasteiger partial charge is 0.370 e. The van der Waals surface area contributed by atoms with E-state index in [4.69, 9.17) is 0 Å². The number of anilines is 1. The molecule has 2 rings (SSSR count). The molecule has 1 unspecified atom stereocenters. The van der Waals surface area contributed by atoms with Crippen LogP contribution < -0.4 is 10.2 Å². The molecule has 0 saturated carbocycles. The lowest BCUT2D eigenvalue weighted by Crippen LogP contribution is -2.17. The SMILES string of the molecule is CNC(C)c1ccc(N(C)Cc2ccc(C)cc2)cc1. The maximum atomic E-state index is 3.26. The van der Waals surface area contributed by atoms with Crippen LogP contribution in [0.5, 0.6) is 0 Å². The van der Waals surface area contributed by atoms with Gasteiger partial charge in [0.1, 0.15) is 0 Å². The van der Waals surface area contributed by atoms with E-state index in [1.54, 1.807) is 0 Å². The van der Waals surface area contributed by atoms with E-state index in [1.165, 1.54) is 22.4 Å². The van der Waals surface area contributed by atoms with Crippen LogP contribution in [0.1, 0.15) is 29.7 Å². The number of aryl methyl sites for hydroxylation is 1. The lowest BCUT2D eigenvalue weighted by Gasteiger charge is -2.20. The average Bonchev–Trinajstić information content (AvgIpc) is 2.49. The highest BCUT2D eigenvalue weighted by Gasteiger charge is 2.05. The number of hydrogen-bond donors (Lipinski definition) is 1. The first kappa shape index (κ1) is 14.6. The van der Waals surface area contributed by atoms with Gasteiger partial charge in [0.05, 0.1) is 0 Å². The molecule has 0 spiro atoms. The quantitative estimate of drug-likeness (QED) is 0.884. The van der Waals surface area contributed by atoms with Crippen LogP contribution in [0.25, 0.3) is 0 Å². The summed E-state index contributed by atoms with van der Waals surface area (Å²) in [4.78, 5) is 2.28. The summed E-state index contributed by atoms with van der Waals surface area (Å²) < 4.78 is 0. The third kappa shape index (κ3) is 3.61. The second-order valence-corrected chi connectivity index (χ2v) is 5.44. The van der Waals surface area contributed by atoms with Gasteiger partial charge in [-0.2, -0.15) is 0 Å². The fraction of sp³-hybridized carbons (Fsp3) is 0.333. The van der Waals surface area contributed by atoms with Crippen LogP contribution in [0.4, 0.5) is 5.69 Å². The zero-order valence-electron chi connectivity index (χ0n) is 12.9. The predicted octanol–water partition coefficient (Wildman–Crippen LogP) is 3.91. The minimum atomic E-state index is 0.395. The van der Waals surface area contributed by atoms with E-state index in [0.29, 0.717) is 6.04 Å². The molecular weight excluding hydrogens is 244 g/mol. The second kappa shape index (κ2) is 6.58. The molecule has 0 aliphatic rings. The van der Waals surface area contributed by atoms with Gasteiger partial charge in [0.25, 0.3) is 0 Å². The number of hydrogen-bond acceptors (Lipinski definition) is 2. The molecule has 0 fully saturated rings. The molecule has 106 valence electrons. The van der Waals surface area contributed by atoms with E-state index < -0.39 is 0 Å². The predicted molar refractivity (Wildman–Crippen MR) is 87.2 cm³/mol. The van der Waals surface area contributed by atoms with Crippen molar-refractivity contribution in [2.45, 2.75) is 26.4 Å². The normalized spacial score (nSPS) is 12.2. The van der Waals surface area contributed by atoms with Gasteiger partial charge >= 0.3 is 0 Å². The highest BCUT2D eigenvalue weighted by Crippen LogP contribution is 2.19. The Bertz CT molecular complexity index is 528. The van der Waals surface area contributed by atoms with Gasteiger partial charge in [-0.15, -0.1) is 0 Å².